The summed E-state index contributed by atoms with van der Waals surface area (Å²) in [6.07, 6.45) is 0.870. The number of ether oxygens (including phenoxy) is 1. The van der Waals surface area contributed by atoms with Crippen LogP contribution in [-0.4, -0.2) is 41.8 Å². The summed E-state index contributed by atoms with van der Waals surface area (Å²) in [4.78, 5) is 36.9. The van der Waals surface area contributed by atoms with Gasteiger partial charge in [-0.05, 0) is 34.1 Å². The Morgan fingerprint density at radius 3 is 2.06 bits per heavy atom. The van der Waals surface area contributed by atoms with Gasteiger partial charge in [0.2, 0.25) is 5.91 Å². The highest BCUT2D eigenvalue weighted by Gasteiger charge is 2.35. The average molecular weight is 451 g/mol. The number of carbonyl (C=O) groups excluding carboxylic acids is 2. The summed E-state index contributed by atoms with van der Waals surface area (Å²) >= 11 is 0. The van der Waals surface area contributed by atoms with Crippen molar-refractivity contribution < 1.29 is 24.2 Å². The third-order valence-electron chi connectivity index (χ3n) is 5.75. The van der Waals surface area contributed by atoms with Gasteiger partial charge in [-0.3, -0.25) is 4.79 Å². The van der Waals surface area contributed by atoms with Crippen molar-refractivity contribution in [1.29, 1.82) is 0 Å². The number of amides is 2. The molecule has 7 heteroatoms. The van der Waals surface area contributed by atoms with E-state index in [1.54, 1.807) is 20.8 Å². The quantitative estimate of drug-likeness (QED) is 0.526. The van der Waals surface area contributed by atoms with E-state index in [-0.39, 0.29) is 18.9 Å². The Morgan fingerprint density at radius 2 is 1.58 bits per heavy atom. The summed E-state index contributed by atoms with van der Waals surface area (Å²) < 4.78 is 5.51. The second-order valence-corrected chi connectivity index (χ2v) is 9.19. The van der Waals surface area contributed by atoms with E-state index in [1.807, 2.05) is 48.5 Å². The summed E-state index contributed by atoms with van der Waals surface area (Å²) in [5.74, 6) is -1.85. The number of rotatable bonds is 8. The molecule has 2 unspecified atom stereocenters. The highest BCUT2D eigenvalue weighted by atomic mass is 16.5. The zero-order valence-electron chi connectivity index (χ0n) is 19.1. The van der Waals surface area contributed by atoms with Crippen LogP contribution < -0.4 is 10.6 Å². The molecule has 1 aliphatic rings. The first-order chi connectivity index (χ1) is 15.6. The molecule has 3 rings (SSSR count). The number of carbonyl (C=O) groups is 3. The molecule has 33 heavy (non-hydrogen) atoms. The third-order valence-corrected chi connectivity index (χ3v) is 5.75. The van der Waals surface area contributed by atoms with Crippen molar-refractivity contribution in [2.45, 2.75) is 45.2 Å². The lowest BCUT2D eigenvalue weighted by atomic mass is 9.86. The van der Waals surface area contributed by atoms with Gasteiger partial charge in [-0.2, -0.15) is 0 Å². The Morgan fingerprint density at radius 1 is 1.03 bits per heavy atom. The number of nitrogens with one attached hydrogen (secondary N) is 2. The molecule has 0 fully saturated rings. The van der Waals surface area contributed by atoms with E-state index in [1.165, 1.54) is 6.08 Å². The number of carboxylic acids is 1. The molecule has 0 aliphatic heterocycles. The van der Waals surface area contributed by atoms with Crippen molar-refractivity contribution >= 4 is 18.0 Å². The summed E-state index contributed by atoms with van der Waals surface area (Å²) in [6, 6.07) is 13.9. The number of carboxylic acid groups (broad SMARTS) is 1. The van der Waals surface area contributed by atoms with Crippen LogP contribution in [0.25, 0.3) is 11.1 Å². The van der Waals surface area contributed by atoms with Gasteiger partial charge in [-0.1, -0.05) is 75.4 Å². The molecule has 2 atom stereocenters. The van der Waals surface area contributed by atoms with E-state index in [4.69, 9.17) is 4.74 Å². The lowest BCUT2D eigenvalue weighted by molar-refractivity contribution is -0.145. The van der Waals surface area contributed by atoms with Gasteiger partial charge >= 0.3 is 12.1 Å². The van der Waals surface area contributed by atoms with Crippen molar-refractivity contribution in [2.24, 2.45) is 5.41 Å². The topological polar surface area (TPSA) is 105 Å². The van der Waals surface area contributed by atoms with Gasteiger partial charge in [0.05, 0.1) is 0 Å². The summed E-state index contributed by atoms with van der Waals surface area (Å²) in [6.45, 7) is 8.88. The maximum atomic E-state index is 12.7. The van der Waals surface area contributed by atoms with Crippen LogP contribution in [0.2, 0.25) is 0 Å². The van der Waals surface area contributed by atoms with Crippen molar-refractivity contribution in [1.82, 2.24) is 10.6 Å². The van der Waals surface area contributed by atoms with Crippen LogP contribution in [0.1, 0.15) is 44.2 Å². The fraction of sp³-hybridized carbons (Fsp3) is 0.346. The van der Waals surface area contributed by atoms with E-state index >= 15 is 0 Å². The molecule has 0 saturated heterocycles. The summed E-state index contributed by atoms with van der Waals surface area (Å²) in [5, 5.41) is 14.5. The zero-order chi connectivity index (χ0) is 24.2. The first-order valence-electron chi connectivity index (χ1n) is 10.9. The van der Waals surface area contributed by atoms with Crippen LogP contribution in [0.4, 0.5) is 4.79 Å². The number of aliphatic carboxylic acids is 1. The van der Waals surface area contributed by atoms with Crippen molar-refractivity contribution in [2.75, 3.05) is 6.61 Å². The maximum Gasteiger partial charge on any atom is 0.407 e. The third kappa shape index (κ3) is 5.42. The Kier molecular flexibility index (Phi) is 7.21. The predicted molar refractivity (Wildman–Crippen MR) is 126 cm³/mol. The molecule has 0 saturated carbocycles. The Labute approximate surface area is 193 Å². The van der Waals surface area contributed by atoms with Gasteiger partial charge < -0.3 is 20.5 Å². The molecule has 1 aliphatic carbocycles. The normalized spacial score (nSPS) is 14.4. The number of fused-ring (bicyclic) bond motifs is 3. The second-order valence-electron chi connectivity index (χ2n) is 9.19. The Hall–Kier alpha value is -3.61. The van der Waals surface area contributed by atoms with Crippen molar-refractivity contribution in [3.8, 4) is 11.1 Å². The molecular weight excluding hydrogens is 420 g/mol. The predicted octanol–water partition coefficient (Wildman–Crippen LogP) is 4.09. The summed E-state index contributed by atoms with van der Waals surface area (Å²) in [7, 11) is 0. The van der Waals surface area contributed by atoms with Crippen molar-refractivity contribution in [3.63, 3.8) is 0 Å². The fourth-order valence-corrected chi connectivity index (χ4v) is 4.07. The molecule has 2 amide bonds. The van der Waals surface area contributed by atoms with Crippen LogP contribution in [0.3, 0.4) is 0 Å². The molecule has 2 aromatic rings. The standard InChI is InChI=1S/C26H30N2O5/c1-5-10-21(23(29)28-22(24(30)31)26(2,3)4)27-25(32)33-15-20-18-13-8-6-11-16(18)17-12-7-9-14-19(17)20/h5-9,11-14,20-22H,1,10,15H2,2-4H3,(H,27,32)(H,28,29)(H,30,31). The minimum absolute atomic E-state index is 0.105. The molecule has 174 valence electrons. The van der Waals surface area contributed by atoms with Gasteiger partial charge in [-0.25, -0.2) is 9.59 Å². The van der Waals surface area contributed by atoms with E-state index in [0.29, 0.717) is 0 Å². The van der Waals surface area contributed by atoms with Gasteiger partial charge in [0.15, 0.2) is 0 Å². The molecule has 0 bridgehead atoms. The molecule has 3 N–H and O–H groups in total. The van der Waals surface area contributed by atoms with E-state index in [0.717, 1.165) is 22.3 Å². The highest BCUT2D eigenvalue weighted by molar-refractivity contribution is 5.89. The van der Waals surface area contributed by atoms with Crippen LogP contribution >= 0.6 is 0 Å². The number of benzene rings is 2. The van der Waals surface area contributed by atoms with E-state index in [2.05, 4.69) is 17.2 Å². The monoisotopic (exact) mass is 450 g/mol. The first-order valence-corrected chi connectivity index (χ1v) is 10.9. The molecule has 0 aromatic heterocycles. The number of hydrogen-bond acceptors (Lipinski definition) is 4. The molecule has 0 spiro atoms. The van der Waals surface area contributed by atoms with Crippen molar-refractivity contribution in [3.05, 3.63) is 72.3 Å². The Bertz CT molecular complexity index is 1010. The zero-order valence-corrected chi connectivity index (χ0v) is 19.1. The van der Waals surface area contributed by atoms with Gasteiger partial charge in [0, 0.05) is 5.92 Å². The van der Waals surface area contributed by atoms with Crippen LogP contribution in [0, 0.1) is 5.41 Å². The molecule has 0 radical (unpaired) electrons. The molecule has 7 nitrogen and oxygen atoms in total. The first kappa shape index (κ1) is 24.0. The van der Waals surface area contributed by atoms with Gasteiger partial charge in [0.25, 0.3) is 0 Å². The molecule has 0 heterocycles. The highest BCUT2D eigenvalue weighted by Crippen LogP contribution is 2.44. The minimum Gasteiger partial charge on any atom is -0.480 e. The van der Waals surface area contributed by atoms with E-state index in [9.17, 15) is 19.5 Å². The van der Waals surface area contributed by atoms with Crippen LogP contribution in [-0.2, 0) is 14.3 Å². The fourth-order valence-electron chi connectivity index (χ4n) is 4.07. The maximum absolute atomic E-state index is 12.7. The van der Waals surface area contributed by atoms with Crippen LogP contribution in [0.15, 0.2) is 61.2 Å². The smallest absolute Gasteiger partial charge is 0.407 e. The Balaban J connectivity index is 1.67. The lowest BCUT2D eigenvalue weighted by Gasteiger charge is -2.29. The van der Waals surface area contributed by atoms with Crippen LogP contribution in [0.5, 0.6) is 0 Å². The summed E-state index contributed by atoms with van der Waals surface area (Å²) in [5.41, 5.74) is 3.70. The molecular formula is C26H30N2O5. The minimum atomic E-state index is -1.14. The second kappa shape index (κ2) is 9.90. The molecule has 2 aromatic carbocycles. The van der Waals surface area contributed by atoms with Gasteiger partial charge in [0.1, 0.15) is 18.7 Å². The largest absolute Gasteiger partial charge is 0.480 e. The average Bonchev–Trinajstić information content (AvgIpc) is 3.08. The number of hydrogen-bond donors (Lipinski definition) is 3. The number of alkyl carbamates (subject to hydrolysis) is 1. The van der Waals surface area contributed by atoms with Gasteiger partial charge in [-0.15, -0.1) is 6.58 Å². The van der Waals surface area contributed by atoms with E-state index < -0.39 is 35.5 Å². The SMILES string of the molecule is C=CCC(NC(=O)OCC1c2ccccc2-c2ccccc21)C(=O)NC(C(=O)O)C(C)(C)C. The lowest BCUT2D eigenvalue weighted by Crippen LogP contribution is -2.55.